The van der Waals surface area contributed by atoms with E-state index in [0.717, 1.165) is 11.1 Å². The van der Waals surface area contributed by atoms with Gasteiger partial charge in [0.05, 0.1) is 18.7 Å². The molecule has 0 aliphatic rings. The quantitative estimate of drug-likeness (QED) is 0.389. The fourth-order valence-corrected chi connectivity index (χ4v) is 3.68. The van der Waals surface area contributed by atoms with E-state index in [1.54, 1.807) is 43.5 Å². The maximum Gasteiger partial charge on any atom is 0.255 e. The predicted molar refractivity (Wildman–Crippen MR) is 131 cm³/mol. The number of ether oxygens (including phenoxy) is 1. The molecule has 5 nitrogen and oxygen atoms in total. The molecular weight excluding hydrogens is 412 g/mol. The number of para-hydroxylation sites is 2. The predicted octanol–water partition coefficient (Wildman–Crippen LogP) is 5.72. The number of carbonyl (C=O) groups is 2. The van der Waals surface area contributed by atoms with Crippen LogP contribution in [0.1, 0.15) is 27.4 Å². The van der Waals surface area contributed by atoms with Crippen LogP contribution in [0.4, 0.5) is 11.4 Å². The molecule has 0 fully saturated rings. The molecule has 4 rings (SSSR count). The number of carbonyl (C=O) groups excluding carboxylic acids is 2. The van der Waals surface area contributed by atoms with Crippen molar-refractivity contribution in [1.29, 1.82) is 0 Å². The highest BCUT2D eigenvalue weighted by Crippen LogP contribution is 2.27. The third-order valence-electron chi connectivity index (χ3n) is 5.28. The molecule has 0 radical (unpaired) electrons. The summed E-state index contributed by atoms with van der Waals surface area (Å²) in [6.07, 6.45) is 0. The topological polar surface area (TPSA) is 67.4 Å². The standard InChI is InChI=1S/C28H24N2O3/c1-33-25-18-9-8-17-24(25)30-27(31)22-15-10-16-23(19-22)29-28(32)26(20-11-4-2-5-12-20)21-13-6-3-7-14-21/h2-19,26H,1H3,(H,29,32)(H,30,31). The summed E-state index contributed by atoms with van der Waals surface area (Å²) in [4.78, 5) is 26.2. The Kier molecular flexibility index (Phi) is 6.81. The molecule has 0 unspecified atom stereocenters. The van der Waals surface area contributed by atoms with Crippen LogP contribution in [0, 0.1) is 0 Å². The van der Waals surface area contributed by atoms with E-state index in [-0.39, 0.29) is 11.8 Å². The number of nitrogens with one attached hydrogen (secondary N) is 2. The second kappa shape index (κ2) is 10.3. The summed E-state index contributed by atoms with van der Waals surface area (Å²) in [5.41, 5.74) is 3.34. The monoisotopic (exact) mass is 436 g/mol. The van der Waals surface area contributed by atoms with E-state index in [2.05, 4.69) is 10.6 Å². The average molecular weight is 437 g/mol. The third-order valence-corrected chi connectivity index (χ3v) is 5.28. The number of methoxy groups -OCH3 is 1. The normalized spacial score (nSPS) is 10.5. The molecule has 0 aliphatic heterocycles. The first-order valence-electron chi connectivity index (χ1n) is 10.6. The summed E-state index contributed by atoms with van der Waals surface area (Å²) in [6, 6.07) is 33.4. The van der Waals surface area contributed by atoms with Crippen LogP contribution in [0.2, 0.25) is 0 Å². The van der Waals surface area contributed by atoms with Gasteiger partial charge in [-0.1, -0.05) is 78.9 Å². The molecule has 0 saturated carbocycles. The van der Waals surface area contributed by atoms with E-state index in [1.165, 1.54) is 0 Å². The Bertz CT molecular complexity index is 1200. The first-order valence-corrected chi connectivity index (χ1v) is 10.6. The average Bonchev–Trinajstić information content (AvgIpc) is 2.86. The molecule has 0 aliphatic carbocycles. The van der Waals surface area contributed by atoms with Crippen LogP contribution in [0.25, 0.3) is 0 Å². The number of hydrogen-bond donors (Lipinski definition) is 2. The highest BCUT2D eigenvalue weighted by Gasteiger charge is 2.23. The van der Waals surface area contributed by atoms with E-state index in [0.29, 0.717) is 22.7 Å². The van der Waals surface area contributed by atoms with Crippen LogP contribution in [0.5, 0.6) is 5.75 Å². The fourth-order valence-electron chi connectivity index (χ4n) is 3.68. The van der Waals surface area contributed by atoms with Gasteiger partial charge in [-0.3, -0.25) is 9.59 Å². The lowest BCUT2D eigenvalue weighted by molar-refractivity contribution is -0.116. The van der Waals surface area contributed by atoms with Crippen LogP contribution in [-0.2, 0) is 4.79 Å². The van der Waals surface area contributed by atoms with Crippen molar-refractivity contribution in [1.82, 2.24) is 0 Å². The van der Waals surface area contributed by atoms with Gasteiger partial charge >= 0.3 is 0 Å². The van der Waals surface area contributed by atoms with Gasteiger partial charge in [-0.25, -0.2) is 0 Å². The largest absolute Gasteiger partial charge is 0.495 e. The summed E-state index contributed by atoms with van der Waals surface area (Å²) in [5.74, 6) is -0.365. The molecule has 0 spiro atoms. The molecule has 4 aromatic carbocycles. The first kappa shape index (κ1) is 21.8. The number of hydrogen-bond acceptors (Lipinski definition) is 3. The van der Waals surface area contributed by atoms with Crippen LogP contribution in [0.3, 0.4) is 0 Å². The van der Waals surface area contributed by atoms with Gasteiger partial charge < -0.3 is 15.4 Å². The summed E-state index contributed by atoms with van der Waals surface area (Å²) >= 11 is 0. The molecule has 0 bridgehead atoms. The Hall–Kier alpha value is -4.38. The van der Waals surface area contributed by atoms with E-state index >= 15 is 0 Å². The van der Waals surface area contributed by atoms with Crippen molar-refractivity contribution < 1.29 is 14.3 Å². The van der Waals surface area contributed by atoms with Crippen LogP contribution in [0.15, 0.2) is 109 Å². The summed E-state index contributed by atoms with van der Waals surface area (Å²) < 4.78 is 5.30. The zero-order valence-corrected chi connectivity index (χ0v) is 18.2. The van der Waals surface area contributed by atoms with Gasteiger partial charge in [0, 0.05) is 11.3 Å². The van der Waals surface area contributed by atoms with Gasteiger partial charge in [0.25, 0.3) is 5.91 Å². The van der Waals surface area contributed by atoms with E-state index < -0.39 is 5.92 Å². The van der Waals surface area contributed by atoms with Crippen molar-refractivity contribution in [3.63, 3.8) is 0 Å². The van der Waals surface area contributed by atoms with E-state index in [1.807, 2.05) is 72.8 Å². The molecule has 2 amide bonds. The highest BCUT2D eigenvalue weighted by molar-refractivity contribution is 6.06. The molecule has 0 atom stereocenters. The Balaban J connectivity index is 1.55. The summed E-state index contributed by atoms with van der Waals surface area (Å²) in [7, 11) is 1.55. The summed E-state index contributed by atoms with van der Waals surface area (Å²) in [5, 5.41) is 5.83. The minimum absolute atomic E-state index is 0.172. The van der Waals surface area contributed by atoms with Crippen molar-refractivity contribution in [2.75, 3.05) is 17.7 Å². The minimum atomic E-state index is -0.474. The SMILES string of the molecule is COc1ccccc1NC(=O)c1cccc(NC(=O)C(c2ccccc2)c2ccccc2)c1. The molecule has 33 heavy (non-hydrogen) atoms. The molecule has 5 heteroatoms. The Morgan fingerprint density at radius 2 is 1.30 bits per heavy atom. The van der Waals surface area contributed by atoms with Gasteiger partial charge in [-0.05, 0) is 41.5 Å². The van der Waals surface area contributed by atoms with Gasteiger partial charge in [-0.2, -0.15) is 0 Å². The van der Waals surface area contributed by atoms with Gasteiger partial charge in [0.1, 0.15) is 5.75 Å². The third kappa shape index (κ3) is 5.28. The maximum absolute atomic E-state index is 13.3. The van der Waals surface area contributed by atoms with Crippen LogP contribution >= 0.6 is 0 Å². The molecular formula is C28H24N2O3. The van der Waals surface area contributed by atoms with Gasteiger partial charge in [-0.15, -0.1) is 0 Å². The molecule has 2 N–H and O–H groups in total. The zero-order chi connectivity index (χ0) is 23.0. The zero-order valence-electron chi connectivity index (χ0n) is 18.2. The smallest absolute Gasteiger partial charge is 0.255 e. The second-order valence-corrected chi connectivity index (χ2v) is 7.48. The number of amides is 2. The lowest BCUT2D eigenvalue weighted by Crippen LogP contribution is -2.22. The highest BCUT2D eigenvalue weighted by atomic mass is 16.5. The molecule has 0 saturated heterocycles. The molecule has 0 heterocycles. The maximum atomic E-state index is 13.3. The Morgan fingerprint density at radius 3 is 1.94 bits per heavy atom. The minimum Gasteiger partial charge on any atom is -0.495 e. The first-order chi connectivity index (χ1) is 16.2. The van der Waals surface area contributed by atoms with Gasteiger partial charge in [0.15, 0.2) is 0 Å². The second-order valence-electron chi connectivity index (χ2n) is 7.48. The van der Waals surface area contributed by atoms with Crippen molar-refractivity contribution in [2.24, 2.45) is 0 Å². The molecule has 164 valence electrons. The van der Waals surface area contributed by atoms with Crippen molar-refractivity contribution in [3.8, 4) is 5.75 Å². The van der Waals surface area contributed by atoms with Crippen molar-refractivity contribution in [2.45, 2.75) is 5.92 Å². The number of anilines is 2. The van der Waals surface area contributed by atoms with Crippen LogP contribution < -0.4 is 15.4 Å². The number of rotatable bonds is 7. The Labute approximate surface area is 193 Å². The van der Waals surface area contributed by atoms with Gasteiger partial charge in [0.2, 0.25) is 5.91 Å². The van der Waals surface area contributed by atoms with Crippen molar-refractivity contribution in [3.05, 3.63) is 126 Å². The molecule has 0 aromatic heterocycles. The van der Waals surface area contributed by atoms with E-state index in [4.69, 9.17) is 4.74 Å². The van der Waals surface area contributed by atoms with Crippen LogP contribution in [-0.4, -0.2) is 18.9 Å². The molecule has 4 aromatic rings. The van der Waals surface area contributed by atoms with Crippen molar-refractivity contribution >= 4 is 23.2 Å². The lowest BCUT2D eigenvalue weighted by Gasteiger charge is -2.18. The summed E-state index contributed by atoms with van der Waals surface area (Å²) in [6.45, 7) is 0. The van der Waals surface area contributed by atoms with E-state index in [9.17, 15) is 9.59 Å². The Morgan fingerprint density at radius 1 is 0.697 bits per heavy atom. The lowest BCUT2D eigenvalue weighted by atomic mass is 9.90. The number of benzene rings is 4. The fraction of sp³-hybridized carbons (Fsp3) is 0.0714.